The number of nitrogens with zero attached hydrogens (tertiary/aromatic N) is 2. The second-order valence-electron chi connectivity index (χ2n) is 9.51. The molecule has 0 heterocycles. The number of anilines is 1. The van der Waals surface area contributed by atoms with E-state index in [1.807, 2.05) is 20.8 Å². The van der Waals surface area contributed by atoms with Gasteiger partial charge in [0.05, 0.1) is 10.6 Å². The molecule has 0 saturated heterocycles. The summed E-state index contributed by atoms with van der Waals surface area (Å²) in [5.41, 5.74) is 1.13. The second-order valence-corrected chi connectivity index (χ2v) is 13.1. The zero-order valence-electron chi connectivity index (χ0n) is 22.2. The molecule has 0 unspecified atom stereocenters. The van der Waals surface area contributed by atoms with E-state index in [9.17, 15) is 18.0 Å². The van der Waals surface area contributed by atoms with Gasteiger partial charge in [0, 0.05) is 21.7 Å². The predicted molar refractivity (Wildman–Crippen MR) is 164 cm³/mol. The summed E-state index contributed by atoms with van der Waals surface area (Å²) in [6.07, 6.45) is 0.359. The molecule has 208 valence electrons. The molecule has 0 bridgehead atoms. The Morgan fingerprint density at radius 2 is 1.56 bits per heavy atom. The minimum atomic E-state index is -4.08. The Hall–Kier alpha value is -2.63. The quantitative estimate of drug-likeness (QED) is 0.248. The van der Waals surface area contributed by atoms with Crippen LogP contribution in [0.5, 0.6) is 0 Å². The molecule has 2 amide bonds. The molecule has 39 heavy (non-hydrogen) atoms. The summed E-state index contributed by atoms with van der Waals surface area (Å²) in [5.74, 6) is -0.533. The summed E-state index contributed by atoms with van der Waals surface area (Å²) in [6, 6.07) is 21.2. The Morgan fingerprint density at radius 1 is 0.949 bits per heavy atom. The van der Waals surface area contributed by atoms with Crippen LogP contribution < -0.4 is 9.62 Å². The van der Waals surface area contributed by atoms with Crippen LogP contribution in [0.4, 0.5) is 5.69 Å². The van der Waals surface area contributed by atoms with Crippen molar-refractivity contribution in [1.29, 1.82) is 0 Å². The smallest absolute Gasteiger partial charge is 0.264 e. The van der Waals surface area contributed by atoms with Gasteiger partial charge in [-0.1, -0.05) is 62.7 Å². The van der Waals surface area contributed by atoms with Crippen molar-refractivity contribution in [1.82, 2.24) is 10.2 Å². The van der Waals surface area contributed by atoms with Gasteiger partial charge in [-0.2, -0.15) is 0 Å². The maximum absolute atomic E-state index is 14.0. The normalized spacial score (nSPS) is 12.2. The van der Waals surface area contributed by atoms with Crippen LogP contribution in [0.25, 0.3) is 0 Å². The Balaban J connectivity index is 2.02. The van der Waals surface area contributed by atoms with Crippen molar-refractivity contribution < 1.29 is 18.0 Å². The lowest BCUT2D eigenvalue weighted by Crippen LogP contribution is -2.52. The van der Waals surface area contributed by atoms with Gasteiger partial charge in [0.1, 0.15) is 12.6 Å². The van der Waals surface area contributed by atoms with E-state index in [1.165, 1.54) is 17.0 Å². The molecule has 3 rings (SSSR count). The largest absolute Gasteiger partial charge is 0.354 e. The Kier molecular flexibility index (Phi) is 11.2. The van der Waals surface area contributed by atoms with E-state index in [0.717, 1.165) is 13.4 Å². The highest BCUT2D eigenvalue weighted by Gasteiger charge is 2.33. The standard InChI is InChI=1S/C29H33ClIN3O4S/c1-4-27(29(36)32-18-21(2)3)33(19-22-10-12-23(30)13-11-22)28(35)20-34(25-16-14-24(31)15-17-25)39(37,38)26-8-6-5-7-9-26/h5-17,21,27H,4,18-20H2,1-3H3,(H,32,36)/t27-/m0/s1. The fourth-order valence-corrected chi connectivity index (χ4v) is 5.91. The first kappa shape index (κ1) is 30.9. The van der Waals surface area contributed by atoms with Crippen molar-refractivity contribution >= 4 is 61.7 Å². The summed E-state index contributed by atoms with van der Waals surface area (Å²) in [7, 11) is -4.08. The average molecular weight is 682 g/mol. The molecule has 3 aromatic rings. The summed E-state index contributed by atoms with van der Waals surface area (Å²) in [5, 5.41) is 3.48. The summed E-state index contributed by atoms with van der Waals surface area (Å²) >= 11 is 8.20. The van der Waals surface area contributed by atoms with Crippen molar-refractivity contribution in [3.63, 3.8) is 0 Å². The molecule has 0 aliphatic rings. The first-order valence-electron chi connectivity index (χ1n) is 12.7. The lowest BCUT2D eigenvalue weighted by atomic mass is 10.1. The van der Waals surface area contributed by atoms with Gasteiger partial charge in [-0.05, 0) is 89.0 Å². The first-order chi connectivity index (χ1) is 18.5. The molecule has 0 saturated carbocycles. The van der Waals surface area contributed by atoms with Crippen molar-refractivity contribution in [3.05, 3.63) is 93.0 Å². The number of benzene rings is 3. The fraction of sp³-hybridized carbons (Fsp3) is 0.310. The third-order valence-corrected chi connectivity index (χ3v) is 8.82. The van der Waals surface area contributed by atoms with E-state index in [4.69, 9.17) is 11.6 Å². The zero-order valence-corrected chi connectivity index (χ0v) is 25.9. The highest BCUT2D eigenvalue weighted by molar-refractivity contribution is 14.1. The van der Waals surface area contributed by atoms with Gasteiger partial charge in [-0.15, -0.1) is 0 Å². The number of sulfonamides is 1. The molecular weight excluding hydrogens is 649 g/mol. The monoisotopic (exact) mass is 681 g/mol. The maximum Gasteiger partial charge on any atom is 0.264 e. The van der Waals surface area contributed by atoms with Gasteiger partial charge < -0.3 is 10.2 Å². The Labute approximate surface area is 249 Å². The number of amides is 2. The topological polar surface area (TPSA) is 86.8 Å². The van der Waals surface area contributed by atoms with Crippen LogP contribution >= 0.6 is 34.2 Å². The number of hydrogen-bond acceptors (Lipinski definition) is 4. The predicted octanol–water partition coefficient (Wildman–Crippen LogP) is 5.72. The highest BCUT2D eigenvalue weighted by atomic mass is 127. The van der Waals surface area contributed by atoms with Crippen LogP contribution in [0.2, 0.25) is 5.02 Å². The van der Waals surface area contributed by atoms with E-state index >= 15 is 0 Å². The molecule has 0 spiro atoms. The SMILES string of the molecule is CC[C@@H](C(=O)NCC(C)C)N(Cc1ccc(Cl)cc1)C(=O)CN(c1ccc(I)cc1)S(=O)(=O)c1ccccc1. The number of rotatable bonds is 12. The average Bonchev–Trinajstić information content (AvgIpc) is 2.92. The Bertz CT molecular complexity index is 1350. The third-order valence-electron chi connectivity index (χ3n) is 6.06. The molecular formula is C29H33ClIN3O4S. The molecule has 0 fully saturated rings. The minimum absolute atomic E-state index is 0.0716. The first-order valence-corrected chi connectivity index (χ1v) is 15.6. The summed E-state index contributed by atoms with van der Waals surface area (Å²) in [4.78, 5) is 28.7. The van der Waals surface area contributed by atoms with Crippen molar-refractivity contribution in [2.45, 2.75) is 44.7 Å². The fourth-order valence-electron chi connectivity index (χ4n) is 3.98. The van der Waals surface area contributed by atoms with Gasteiger partial charge in [0.25, 0.3) is 10.0 Å². The van der Waals surface area contributed by atoms with Gasteiger partial charge in [-0.3, -0.25) is 13.9 Å². The molecule has 1 atom stereocenters. The van der Waals surface area contributed by atoms with Crippen LogP contribution in [0.3, 0.4) is 0 Å². The van der Waals surface area contributed by atoms with E-state index < -0.39 is 28.5 Å². The minimum Gasteiger partial charge on any atom is -0.354 e. The molecule has 1 N–H and O–H groups in total. The van der Waals surface area contributed by atoms with Gasteiger partial charge in [0.2, 0.25) is 11.8 Å². The molecule has 10 heteroatoms. The van der Waals surface area contributed by atoms with Crippen molar-refractivity contribution in [3.8, 4) is 0 Å². The van der Waals surface area contributed by atoms with Gasteiger partial charge in [0.15, 0.2) is 0 Å². The van der Waals surface area contributed by atoms with E-state index in [2.05, 4.69) is 27.9 Å². The number of carbonyl (C=O) groups excluding carboxylic acids is 2. The number of carbonyl (C=O) groups is 2. The number of halogens is 2. The molecule has 0 aliphatic carbocycles. The maximum atomic E-state index is 14.0. The van der Waals surface area contributed by atoms with Crippen LogP contribution in [0, 0.1) is 9.49 Å². The summed E-state index contributed by atoms with van der Waals surface area (Å²) in [6.45, 7) is 5.93. The summed E-state index contributed by atoms with van der Waals surface area (Å²) < 4.78 is 29.6. The van der Waals surface area contributed by atoms with Crippen LogP contribution in [-0.4, -0.2) is 44.3 Å². The Morgan fingerprint density at radius 3 is 2.13 bits per heavy atom. The highest BCUT2D eigenvalue weighted by Crippen LogP contribution is 2.25. The van der Waals surface area contributed by atoms with Crippen LogP contribution in [-0.2, 0) is 26.2 Å². The van der Waals surface area contributed by atoms with Crippen molar-refractivity contribution in [2.75, 3.05) is 17.4 Å². The van der Waals surface area contributed by atoms with Gasteiger partial charge in [-0.25, -0.2) is 8.42 Å². The molecule has 7 nitrogen and oxygen atoms in total. The van der Waals surface area contributed by atoms with Crippen LogP contribution in [0.15, 0.2) is 83.8 Å². The molecule has 0 aromatic heterocycles. The molecule has 0 radical (unpaired) electrons. The number of nitrogens with one attached hydrogen (secondary N) is 1. The zero-order chi connectivity index (χ0) is 28.6. The third kappa shape index (κ3) is 8.43. The van der Waals surface area contributed by atoms with Gasteiger partial charge >= 0.3 is 0 Å². The molecule has 3 aromatic carbocycles. The van der Waals surface area contributed by atoms with E-state index in [-0.39, 0.29) is 23.3 Å². The van der Waals surface area contributed by atoms with E-state index in [1.54, 1.807) is 66.7 Å². The lowest BCUT2D eigenvalue weighted by molar-refractivity contribution is -0.140. The lowest BCUT2D eigenvalue weighted by Gasteiger charge is -2.33. The van der Waals surface area contributed by atoms with E-state index in [0.29, 0.717) is 23.7 Å². The van der Waals surface area contributed by atoms with Crippen LogP contribution in [0.1, 0.15) is 32.8 Å². The second kappa shape index (κ2) is 14.1. The van der Waals surface area contributed by atoms with Crippen molar-refractivity contribution in [2.24, 2.45) is 5.92 Å². The number of hydrogen-bond donors (Lipinski definition) is 1. The molecule has 0 aliphatic heterocycles.